The van der Waals surface area contributed by atoms with Crippen molar-refractivity contribution in [3.8, 4) is 0 Å². The number of nitrogens with one attached hydrogen (secondary N) is 6. The number of aliphatic hydroxyl groups excluding tert-OH is 3. The van der Waals surface area contributed by atoms with Crippen molar-refractivity contribution in [3.63, 3.8) is 0 Å². The van der Waals surface area contributed by atoms with Crippen molar-refractivity contribution in [3.05, 3.63) is 0 Å². The number of rotatable bonds is 73. The maximum Gasteiger partial charge on any atom is 0.234 e. The molecule has 0 aliphatic heterocycles. The van der Waals surface area contributed by atoms with Crippen LogP contribution in [0.1, 0.15) is 13.3 Å². The van der Waals surface area contributed by atoms with E-state index in [9.17, 15) is 44.1 Å². The van der Waals surface area contributed by atoms with Crippen LogP contribution in [0.4, 0.5) is 0 Å². The normalized spacial score (nSPS) is 13.5. The quantitative estimate of drug-likeness (QED) is 0.0269. The van der Waals surface area contributed by atoms with E-state index in [2.05, 4.69) is 31.9 Å². The fourth-order valence-electron chi connectivity index (χ4n) is 11.2. The highest BCUT2D eigenvalue weighted by molar-refractivity contribution is 5.82. The molecule has 0 heterocycles. The first-order chi connectivity index (χ1) is 49.2. The van der Waals surface area contributed by atoms with Crippen molar-refractivity contribution in [2.75, 3.05) is 334 Å². The molecule has 0 aromatic heterocycles. The lowest BCUT2D eigenvalue weighted by atomic mass is 9.88. The van der Waals surface area contributed by atoms with Gasteiger partial charge in [-0.25, -0.2) is 0 Å². The van der Waals surface area contributed by atoms with E-state index in [0.717, 1.165) is 0 Å². The number of nitrogens with zero attached hydrogens (tertiary/aromatic N) is 9. The first kappa shape index (κ1) is 97.7. The molecule has 0 spiro atoms. The van der Waals surface area contributed by atoms with E-state index < -0.39 is 23.7 Å². The predicted molar refractivity (Wildman–Crippen MR) is 398 cm³/mol. The second-order valence-corrected chi connectivity index (χ2v) is 25.5. The summed E-state index contributed by atoms with van der Waals surface area (Å²) >= 11 is 0. The molecule has 0 saturated heterocycles. The van der Waals surface area contributed by atoms with Gasteiger partial charge in [-0.15, -0.1) is 0 Å². The van der Waals surface area contributed by atoms with Crippen molar-refractivity contribution in [2.45, 2.75) is 31.7 Å². The lowest BCUT2D eigenvalue weighted by molar-refractivity contribution is -0.127. The molecule has 102 heavy (non-hydrogen) atoms. The van der Waals surface area contributed by atoms with Gasteiger partial charge < -0.3 is 130 Å². The first-order valence-electron chi connectivity index (χ1n) is 36.5. The molecule has 39 heteroatoms. The van der Waals surface area contributed by atoms with Crippen LogP contribution in [0.2, 0.25) is 0 Å². The maximum absolute atomic E-state index is 13.5. The number of amides is 6. The number of hydrogen-bond acceptors (Lipinski definition) is 33. The Hall–Kier alpha value is -4.26. The highest BCUT2D eigenvalue weighted by Crippen LogP contribution is 2.25. The zero-order valence-corrected chi connectivity index (χ0v) is 62.0. The summed E-state index contributed by atoms with van der Waals surface area (Å²) in [6, 6.07) is 0. The van der Waals surface area contributed by atoms with E-state index in [-0.39, 0.29) is 173 Å². The SMILES string of the molecule is CCC(COCC(O)CN(CC(=O)NCCN(CCN)CCN)CC(=O)NCCN(CCN)CCN)(COCC(O)CN(CC(=O)NCCN(CCN)CCN)CC(=O)NCCN(CCN)CCN)COCC(O)CN(CC(=O)NCCN(CCN)CCN)CC(=O)NCCN(CCN)CCN. The minimum Gasteiger partial charge on any atom is -0.389 e. The van der Waals surface area contributed by atoms with Crippen molar-refractivity contribution in [1.82, 2.24) is 76.0 Å². The van der Waals surface area contributed by atoms with Gasteiger partial charge in [0, 0.05) is 261 Å². The van der Waals surface area contributed by atoms with Gasteiger partial charge in [0.25, 0.3) is 0 Å². The van der Waals surface area contributed by atoms with Crippen LogP contribution in [-0.4, -0.2) is 447 Å². The zero-order chi connectivity index (χ0) is 76.0. The van der Waals surface area contributed by atoms with Crippen LogP contribution in [0.5, 0.6) is 0 Å². The molecule has 33 N–H and O–H groups in total. The van der Waals surface area contributed by atoms with Gasteiger partial charge in [0.2, 0.25) is 35.4 Å². The molecule has 0 saturated carbocycles. The summed E-state index contributed by atoms with van der Waals surface area (Å²) in [7, 11) is 0. The van der Waals surface area contributed by atoms with E-state index in [1.54, 1.807) is 0 Å². The molecule has 6 amide bonds. The van der Waals surface area contributed by atoms with Crippen LogP contribution in [0.25, 0.3) is 0 Å². The fraction of sp³-hybridized carbons (Fsp3) is 0.905. The van der Waals surface area contributed by atoms with E-state index in [1.807, 2.05) is 36.3 Å². The number of nitrogens with two attached hydrogens (primary N) is 12. The number of aliphatic hydroxyl groups is 3. The van der Waals surface area contributed by atoms with Crippen LogP contribution in [0, 0.1) is 5.41 Å². The first-order valence-corrected chi connectivity index (χ1v) is 36.5. The van der Waals surface area contributed by atoms with Crippen LogP contribution >= 0.6 is 0 Å². The van der Waals surface area contributed by atoms with Crippen molar-refractivity contribution < 1.29 is 58.3 Å². The Labute approximate surface area is 607 Å². The van der Waals surface area contributed by atoms with Crippen LogP contribution < -0.4 is 101 Å². The van der Waals surface area contributed by atoms with Gasteiger partial charge in [0.15, 0.2) is 0 Å². The third-order valence-electron chi connectivity index (χ3n) is 16.4. The monoisotopic (exact) mass is 1470 g/mol. The van der Waals surface area contributed by atoms with Gasteiger partial charge in [-0.05, 0) is 6.42 Å². The largest absolute Gasteiger partial charge is 0.389 e. The lowest BCUT2D eigenvalue weighted by Crippen LogP contribution is -2.49. The van der Waals surface area contributed by atoms with E-state index in [0.29, 0.717) is 203 Å². The summed E-state index contributed by atoms with van der Waals surface area (Å²) in [6.45, 7) is 15.4. The molecule has 0 radical (unpaired) electrons. The molecular formula is C63H143N27O12. The Morgan fingerprint density at radius 2 is 0.441 bits per heavy atom. The lowest BCUT2D eigenvalue weighted by Gasteiger charge is -2.34. The average molecular weight is 1470 g/mol. The summed E-state index contributed by atoms with van der Waals surface area (Å²) in [5, 5.41) is 52.3. The van der Waals surface area contributed by atoms with Crippen molar-refractivity contribution >= 4 is 35.4 Å². The Morgan fingerprint density at radius 1 is 0.284 bits per heavy atom. The van der Waals surface area contributed by atoms with Crippen molar-refractivity contribution in [1.29, 1.82) is 0 Å². The molecule has 0 bridgehead atoms. The maximum atomic E-state index is 13.5. The van der Waals surface area contributed by atoms with E-state index in [4.69, 9.17) is 83.0 Å². The molecule has 0 aliphatic carbocycles. The summed E-state index contributed by atoms with van der Waals surface area (Å²) in [4.78, 5) is 97.5. The summed E-state index contributed by atoms with van der Waals surface area (Å²) < 4.78 is 18.8. The van der Waals surface area contributed by atoms with Gasteiger partial charge >= 0.3 is 0 Å². The number of carbonyl (C=O) groups excluding carboxylic acids is 6. The Morgan fingerprint density at radius 3 is 0.578 bits per heavy atom. The van der Waals surface area contributed by atoms with Crippen LogP contribution in [0.3, 0.4) is 0 Å². The minimum absolute atomic E-state index is 0.110. The fourth-order valence-corrected chi connectivity index (χ4v) is 11.2. The summed E-state index contributed by atoms with van der Waals surface area (Å²) in [5.74, 6) is -2.32. The van der Waals surface area contributed by atoms with Gasteiger partial charge in [0.1, 0.15) is 0 Å². The van der Waals surface area contributed by atoms with E-state index in [1.165, 1.54) is 14.7 Å². The van der Waals surface area contributed by atoms with Gasteiger partial charge in [-0.2, -0.15) is 0 Å². The second kappa shape index (κ2) is 65.1. The molecule has 602 valence electrons. The third kappa shape index (κ3) is 52.7. The smallest absolute Gasteiger partial charge is 0.234 e. The summed E-state index contributed by atoms with van der Waals surface area (Å²) in [6.07, 6.45) is -3.39. The molecule has 0 rings (SSSR count). The molecular weight excluding hydrogens is 1330 g/mol. The highest BCUT2D eigenvalue weighted by Gasteiger charge is 2.32. The Kier molecular flexibility index (Phi) is 62.3. The molecule has 0 aromatic carbocycles. The standard InChI is InChI=1S/C63H143N27O12/c1-2-63(51-100-48-54(91)39-88(42-57(94)76-15-33-82(21-3-64)22-4-65)43-58(95)77-16-34-83(23-5-66)24-6-67,52-101-49-55(92)40-89(44-59(96)78-17-35-84(25-7-68)26-8-69)45-60(97)79-18-36-85(27-9-70)28-10-71)53-102-50-56(93)41-90(46-61(98)80-19-37-86(29-11-72)30-12-73)47-62(99)81-20-38-87(31-13-74)32-14-75/h54-56,91-93H,2-53,64-75H2,1H3,(H,76,94)(H,77,95)(H,78,96)(H,79,97)(H,80,98)(H,81,99). The zero-order valence-electron chi connectivity index (χ0n) is 62.0. The Balaban J connectivity index is 6.99. The number of hydrogen-bond donors (Lipinski definition) is 21. The summed E-state index contributed by atoms with van der Waals surface area (Å²) in [5.41, 5.74) is 68.4. The molecule has 3 atom stereocenters. The predicted octanol–water partition coefficient (Wildman–Crippen LogP) is -14.6. The molecule has 0 aromatic rings. The van der Waals surface area contributed by atoms with Gasteiger partial charge in [0.05, 0.1) is 97.2 Å². The third-order valence-corrected chi connectivity index (χ3v) is 16.4. The van der Waals surface area contributed by atoms with Gasteiger partial charge in [-0.1, -0.05) is 6.92 Å². The molecule has 3 unspecified atom stereocenters. The minimum atomic E-state index is -1.24. The second-order valence-electron chi connectivity index (χ2n) is 25.5. The molecule has 0 aliphatic rings. The van der Waals surface area contributed by atoms with Gasteiger partial charge in [-0.3, -0.25) is 72.9 Å². The molecule has 0 fully saturated rings. The Bertz CT molecular complexity index is 1720. The molecule has 39 nitrogen and oxygen atoms in total. The topological polar surface area (TPSA) is 604 Å². The average Bonchev–Trinajstić information content (AvgIpc) is 0.912. The highest BCUT2D eigenvalue weighted by atomic mass is 16.5. The van der Waals surface area contributed by atoms with Crippen LogP contribution in [-0.2, 0) is 43.0 Å². The van der Waals surface area contributed by atoms with Crippen LogP contribution in [0.15, 0.2) is 0 Å². The number of ether oxygens (including phenoxy) is 3. The van der Waals surface area contributed by atoms with Crippen molar-refractivity contribution in [2.24, 2.45) is 74.2 Å². The van der Waals surface area contributed by atoms with E-state index >= 15 is 0 Å². The number of carbonyl (C=O) groups is 6.